The van der Waals surface area contributed by atoms with Gasteiger partial charge in [0.05, 0.1) is 0 Å². The molecule has 3 heteroatoms. The van der Waals surface area contributed by atoms with Crippen molar-refractivity contribution in [3.05, 3.63) is 34.3 Å². The third-order valence-electron chi connectivity index (χ3n) is 2.50. The molecule has 0 atom stereocenters. The van der Waals surface area contributed by atoms with Crippen molar-refractivity contribution in [3.8, 4) is 0 Å². The second kappa shape index (κ2) is 5.43. The minimum atomic E-state index is -0.0383. The van der Waals surface area contributed by atoms with Crippen LogP contribution in [0.1, 0.15) is 18.1 Å². The van der Waals surface area contributed by atoms with Gasteiger partial charge in [-0.25, -0.2) is 0 Å². The van der Waals surface area contributed by atoms with Gasteiger partial charge in [-0.2, -0.15) is 0 Å². The largest absolute Gasteiger partial charge is 0.126 e. The summed E-state index contributed by atoms with van der Waals surface area (Å²) in [5, 5.41) is 0.803. The fraction of sp³-hybridized carbons (Fsp3) is 0.500. The predicted octanol–water partition coefficient (Wildman–Crippen LogP) is 4.67. The van der Waals surface area contributed by atoms with Gasteiger partial charge in [-0.05, 0) is 36.0 Å². The number of hydrogen-bond donors (Lipinski definition) is 0. The lowest BCUT2D eigenvalue weighted by Crippen LogP contribution is -2.23. The number of halogens is 3. The van der Waals surface area contributed by atoms with Crippen molar-refractivity contribution < 1.29 is 0 Å². The summed E-state index contributed by atoms with van der Waals surface area (Å²) in [5.41, 5.74) is 2.30. The first-order valence-corrected chi connectivity index (χ1v) is 6.32. The number of hydrogen-bond acceptors (Lipinski definition) is 0. The van der Waals surface area contributed by atoms with Crippen LogP contribution in [0.2, 0.25) is 5.02 Å². The van der Waals surface area contributed by atoms with E-state index in [0.29, 0.717) is 11.8 Å². The van der Waals surface area contributed by atoms with E-state index < -0.39 is 0 Å². The van der Waals surface area contributed by atoms with Crippen LogP contribution in [0.15, 0.2) is 18.2 Å². The Morgan fingerprint density at radius 2 is 1.80 bits per heavy atom. The van der Waals surface area contributed by atoms with Gasteiger partial charge in [0.25, 0.3) is 0 Å². The molecule has 84 valence electrons. The highest BCUT2D eigenvalue weighted by atomic mass is 35.5. The standard InChI is InChI=1S/C12H15Cl3/c1-9-5-10(3-4-11(9)15)6-12(2,7-13)8-14/h3-5H,6-8H2,1-2H3. The van der Waals surface area contributed by atoms with E-state index in [1.807, 2.05) is 19.1 Å². The van der Waals surface area contributed by atoms with Crippen LogP contribution >= 0.6 is 34.8 Å². The van der Waals surface area contributed by atoms with Crippen LogP contribution in [0, 0.1) is 12.3 Å². The summed E-state index contributed by atoms with van der Waals surface area (Å²) in [6.45, 7) is 4.10. The van der Waals surface area contributed by atoms with Crippen LogP contribution in [0.4, 0.5) is 0 Å². The van der Waals surface area contributed by atoms with Gasteiger partial charge < -0.3 is 0 Å². The zero-order valence-corrected chi connectivity index (χ0v) is 11.3. The molecule has 0 unspecified atom stereocenters. The van der Waals surface area contributed by atoms with Gasteiger partial charge >= 0.3 is 0 Å². The Bertz CT molecular complexity index is 330. The van der Waals surface area contributed by atoms with Gasteiger partial charge in [0.1, 0.15) is 0 Å². The van der Waals surface area contributed by atoms with Crippen molar-refractivity contribution in [2.24, 2.45) is 5.41 Å². The van der Waals surface area contributed by atoms with Gasteiger partial charge in [-0.15, -0.1) is 23.2 Å². The summed E-state index contributed by atoms with van der Waals surface area (Å²) in [6.07, 6.45) is 0.887. The van der Waals surface area contributed by atoms with Crippen LogP contribution in [0.3, 0.4) is 0 Å². The smallest absolute Gasteiger partial charge is 0.0435 e. The lowest BCUT2D eigenvalue weighted by atomic mass is 9.87. The Hall–Kier alpha value is 0.0900. The molecule has 0 N–H and O–H groups in total. The molecule has 1 aromatic carbocycles. The molecule has 0 aliphatic rings. The molecule has 0 amide bonds. The maximum atomic E-state index is 5.97. The second-order valence-electron chi connectivity index (χ2n) is 4.34. The molecular weight excluding hydrogens is 250 g/mol. The first kappa shape index (κ1) is 13.2. The Morgan fingerprint density at radius 1 is 1.20 bits per heavy atom. The van der Waals surface area contributed by atoms with Crippen LogP contribution in [-0.4, -0.2) is 11.8 Å². The summed E-state index contributed by atoms with van der Waals surface area (Å²) in [4.78, 5) is 0. The fourth-order valence-corrected chi connectivity index (χ4v) is 2.03. The summed E-state index contributed by atoms with van der Waals surface area (Å²) >= 11 is 17.8. The topological polar surface area (TPSA) is 0 Å². The van der Waals surface area contributed by atoms with Gasteiger partial charge in [0.2, 0.25) is 0 Å². The molecule has 0 spiro atoms. The predicted molar refractivity (Wildman–Crippen MR) is 69.4 cm³/mol. The van der Waals surface area contributed by atoms with E-state index in [-0.39, 0.29) is 5.41 Å². The highest BCUT2D eigenvalue weighted by Gasteiger charge is 2.22. The van der Waals surface area contributed by atoms with Crippen LogP contribution < -0.4 is 0 Å². The van der Waals surface area contributed by atoms with Crippen molar-refractivity contribution in [2.75, 3.05) is 11.8 Å². The van der Waals surface area contributed by atoms with Crippen molar-refractivity contribution >= 4 is 34.8 Å². The Balaban J connectivity index is 2.85. The molecule has 1 rings (SSSR count). The molecule has 0 radical (unpaired) electrons. The molecule has 0 heterocycles. The Kier molecular flexibility index (Phi) is 4.76. The minimum absolute atomic E-state index is 0.0383. The lowest BCUT2D eigenvalue weighted by Gasteiger charge is -2.24. The van der Waals surface area contributed by atoms with Crippen molar-refractivity contribution in [1.82, 2.24) is 0 Å². The third kappa shape index (κ3) is 3.55. The molecule has 0 aliphatic carbocycles. The van der Waals surface area contributed by atoms with E-state index in [0.717, 1.165) is 17.0 Å². The molecule has 1 aromatic rings. The van der Waals surface area contributed by atoms with Gasteiger partial charge in [-0.3, -0.25) is 0 Å². The Labute approximate surface area is 107 Å². The average Bonchev–Trinajstić information content (AvgIpc) is 2.23. The highest BCUT2D eigenvalue weighted by molar-refractivity contribution is 6.31. The van der Waals surface area contributed by atoms with Gasteiger partial charge in [0, 0.05) is 16.8 Å². The van der Waals surface area contributed by atoms with Crippen LogP contribution in [0.5, 0.6) is 0 Å². The van der Waals surface area contributed by atoms with E-state index >= 15 is 0 Å². The molecule has 15 heavy (non-hydrogen) atoms. The van der Waals surface area contributed by atoms with E-state index in [1.165, 1.54) is 5.56 Å². The fourth-order valence-electron chi connectivity index (χ4n) is 1.44. The molecular formula is C12H15Cl3. The quantitative estimate of drug-likeness (QED) is 0.694. The van der Waals surface area contributed by atoms with Crippen molar-refractivity contribution in [3.63, 3.8) is 0 Å². The monoisotopic (exact) mass is 264 g/mol. The Morgan fingerprint density at radius 3 is 2.27 bits per heavy atom. The van der Waals surface area contributed by atoms with Crippen LogP contribution in [0.25, 0.3) is 0 Å². The maximum absolute atomic E-state index is 5.97. The van der Waals surface area contributed by atoms with E-state index in [4.69, 9.17) is 34.8 Å². The molecule has 0 fully saturated rings. The SMILES string of the molecule is Cc1cc(CC(C)(CCl)CCl)ccc1Cl. The highest BCUT2D eigenvalue weighted by Crippen LogP contribution is 2.27. The zero-order valence-electron chi connectivity index (χ0n) is 8.99. The van der Waals surface area contributed by atoms with Crippen molar-refractivity contribution in [2.45, 2.75) is 20.3 Å². The summed E-state index contributed by atoms with van der Waals surface area (Å²) in [6, 6.07) is 6.06. The summed E-state index contributed by atoms with van der Waals surface area (Å²) in [5.74, 6) is 1.14. The first-order chi connectivity index (χ1) is 7.00. The van der Waals surface area contributed by atoms with Gasteiger partial charge in [0.15, 0.2) is 0 Å². The van der Waals surface area contributed by atoms with E-state index in [9.17, 15) is 0 Å². The first-order valence-electron chi connectivity index (χ1n) is 4.88. The molecule has 0 aliphatic heterocycles. The van der Waals surface area contributed by atoms with E-state index in [1.54, 1.807) is 0 Å². The minimum Gasteiger partial charge on any atom is -0.126 e. The molecule has 0 saturated carbocycles. The third-order valence-corrected chi connectivity index (χ3v) is 4.21. The zero-order chi connectivity index (χ0) is 11.5. The molecule has 0 bridgehead atoms. The normalized spacial score (nSPS) is 11.8. The van der Waals surface area contributed by atoms with Crippen molar-refractivity contribution in [1.29, 1.82) is 0 Å². The summed E-state index contributed by atoms with van der Waals surface area (Å²) in [7, 11) is 0. The van der Waals surface area contributed by atoms with E-state index in [2.05, 4.69) is 13.0 Å². The molecule has 0 aromatic heterocycles. The van der Waals surface area contributed by atoms with Gasteiger partial charge in [-0.1, -0.05) is 30.7 Å². The number of alkyl halides is 2. The lowest BCUT2D eigenvalue weighted by molar-refractivity contribution is 0.425. The molecule has 0 nitrogen and oxygen atoms in total. The second-order valence-corrected chi connectivity index (χ2v) is 5.28. The number of benzene rings is 1. The average molecular weight is 266 g/mol. The number of aryl methyl sites for hydroxylation is 1. The molecule has 0 saturated heterocycles. The van der Waals surface area contributed by atoms with Crippen LogP contribution in [-0.2, 0) is 6.42 Å². The number of rotatable bonds is 4. The summed E-state index contributed by atoms with van der Waals surface area (Å²) < 4.78 is 0. The maximum Gasteiger partial charge on any atom is 0.0435 e.